The van der Waals surface area contributed by atoms with E-state index in [2.05, 4.69) is 14.7 Å². The number of hydrogen-bond acceptors (Lipinski definition) is 3. The molecule has 5 rings (SSSR count). The molecule has 0 unspecified atom stereocenters. The Labute approximate surface area is 252 Å². The van der Waals surface area contributed by atoms with Gasteiger partial charge in [-0.15, -0.1) is 0 Å². The minimum atomic E-state index is -4.30. The second kappa shape index (κ2) is 12.9. The molecule has 0 amide bonds. The van der Waals surface area contributed by atoms with Gasteiger partial charge in [0.1, 0.15) is 23.2 Å². The number of aromatic nitrogens is 2. The molecule has 0 bridgehead atoms. The van der Waals surface area contributed by atoms with Crippen LogP contribution in [0.1, 0.15) is 24.5 Å². The quantitative estimate of drug-likeness (QED) is 0.0928. The Balaban J connectivity index is 1.33. The maximum atomic E-state index is 15.1. The average Bonchev–Trinajstić information content (AvgIpc) is 3.00. The highest BCUT2D eigenvalue weighted by Crippen LogP contribution is 2.37. The van der Waals surface area contributed by atoms with Crippen LogP contribution in [-0.2, 0) is 12.5 Å². The van der Waals surface area contributed by atoms with Crippen molar-refractivity contribution in [3.05, 3.63) is 137 Å². The first-order valence-corrected chi connectivity index (χ1v) is 13.5. The van der Waals surface area contributed by atoms with Crippen LogP contribution in [0.5, 0.6) is 5.75 Å². The van der Waals surface area contributed by atoms with Crippen LogP contribution >= 0.6 is 0 Å². The molecule has 0 saturated heterocycles. The highest BCUT2D eigenvalue weighted by atomic mass is 19.3. The Morgan fingerprint density at radius 3 is 1.87 bits per heavy atom. The molecule has 11 heteroatoms. The normalized spacial score (nSPS) is 11.8. The van der Waals surface area contributed by atoms with Gasteiger partial charge in [0, 0.05) is 35.2 Å². The van der Waals surface area contributed by atoms with E-state index in [0.717, 1.165) is 42.7 Å². The van der Waals surface area contributed by atoms with Gasteiger partial charge in [0.05, 0.1) is 5.56 Å². The minimum Gasteiger partial charge on any atom is -0.429 e. The number of ether oxygens (including phenoxy) is 1. The molecular weight excluding hydrogens is 604 g/mol. The standard InChI is InChI=1S/C34H22F8N2O/c1-2-3-4-5-19-17-43-33(44-18-19)21-6-9-24(27(35)13-21)20-7-11-26(29(37)12-20)34(41,42)45-23-8-10-25(28(36)16-23)22-14-30(38)32(40)31(39)15-22/h2-3,6-18H,4-5H2,1H3/b3-2+. The lowest BCUT2D eigenvalue weighted by Gasteiger charge is -2.20. The van der Waals surface area contributed by atoms with Crippen molar-refractivity contribution in [1.29, 1.82) is 0 Å². The average molecular weight is 627 g/mol. The number of alkyl halides is 2. The van der Waals surface area contributed by atoms with Crippen LogP contribution in [0.3, 0.4) is 0 Å². The molecular formula is C34H22F8N2O. The Bertz CT molecular complexity index is 1870. The van der Waals surface area contributed by atoms with E-state index in [0.29, 0.717) is 35.9 Å². The fourth-order valence-electron chi connectivity index (χ4n) is 4.56. The summed E-state index contributed by atoms with van der Waals surface area (Å²) in [5, 5.41) is 0. The van der Waals surface area contributed by atoms with Crippen molar-refractivity contribution < 1.29 is 39.9 Å². The third-order valence-electron chi connectivity index (χ3n) is 6.84. The van der Waals surface area contributed by atoms with Crippen molar-refractivity contribution in [2.24, 2.45) is 0 Å². The first-order chi connectivity index (χ1) is 21.5. The molecule has 4 aromatic carbocycles. The van der Waals surface area contributed by atoms with Gasteiger partial charge < -0.3 is 4.74 Å². The van der Waals surface area contributed by atoms with Crippen LogP contribution in [0, 0.1) is 34.9 Å². The highest BCUT2D eigenvalue weighted by Gasteiger charge is 2.38. The summed E-state index contributed by atoms with van der Waals surface area (Å²) in [6.45, 7) is 1.92. The fourth-order valence-corrected chi connectivity index (χ4v) is 4.56. The number of nitrogens with zero attached hydrogens (tertiary/aromatic N) is 2. The van der Waals surface area contributed by atoms with E-state index in [4.69, 9.17) is 0 Å². The lowest BCUT2D eigenvalue weighted by molar-refractivity contribution is -0.187. The maximum Gasteiger partial charge on any atom is 0.429 e. The van der Waals surface area contributed by atoms with E-state index < -0.39 is 57.9 Å². The smallest absolute Gasteiger partial charge is 0.429 e. The Kier molecular flexibility index (Phi) is 8.99. The van der Waals surface area contributed by atoms with Crippen molar-refractivity contribution in [3.8, 4) is 39.4 Å². The van der Waals surface area contributed by atoms with Crippen molar-refractivity contribution in [2.75, 3.05) is 0 Å². The molecule has 0 saturated carbocycles. The van der Waals surface area contributed by atoms with Crippen LogP contribution in [0.2, 0.25) is 0 Å². The van der Waals surface area contributed by atoms with Gasteiger partial charge in [-0.1, -0.05) is 30.4 Å². The Hall–Kier alpha value is -5.06. The zero-order valence-corrected chi connectivity index (χ0v) is 23.4. The summed E-state index contributed by atoms with van der Waals surface area (Å²) < 4.78 is 120. The molecule has 0 aliphatic carbocycles. The van der Waals surface area contributed by atoms with Crippen LogP contribution in [0.15, 0.2) is 91.3 Å². The Morgan fingerprint density at radius 1 is 0.667 bits per heavy atom. The lowest BCUT2D eigenvalue weighted by atomic mass is 10.0. The third kappa shape index (κ3) is 6.87. The van der Waals surface area contributed by atoms with Crippen molar-refractivity contribution >= 4 is 0 Å². The predicted molar refractivity (Wildman–Crippen MR) is 152 cm³/mol. The third-order valence-corrected chi connectivity index (χ3v) is 6.84. The second-order valence-electron chi connectivity index (χ2n) is 9.93. The van der Waals surface area contributed by atoms with Crippen molar-refractivity contribution in [3.63, 3.8) is 0 Å². The molecule has 0 spiro atoms. The van der Waals surface area contributed by atoms with E-state index in [1.165, 1.54) is 12.1 Å². The van der Waals surface area contributed by atoms with Crippen LogP contribution in [-0.4, -0.2) is 9.97 Å². The SMILES string of the molecule is C/C=C/CCc1cnc(-c2ccc(-c3ccc(C(F)(F)Oc4ccc(-c5cc(F)c(F)c(F)c5)c(F)c4)c(F)c3)c(F)c2)nc1. The zero-order chi connectivity index (χ0) is 32.3. The number of hydrogen-bond donors (Lipinski definition) is 0. The number of allylic oxidation sites excluding steroid dienone is 2. The number of halogens is 8. The summed E-state index contributed by atoms with van der Waals surface area (Å²) in [4.78, 5) is 8.54. The molecule has 0 N–H and O–H groups in total. The van der Waals surface area contributed by atoms with E-state index in [9.17, 15) is 30.7 Å². The van der Waals surface area contributed by atoms with E-state index >= 15 is 4.39 Å². The summed E-state index contributed by atoms with van der Waals surface area (Å²) in [7, 11) is 0. The van der Waals surface area contributed by atoms with Gasteiger partial charge in [0.25, 0.3) is 0 Å². The molecule has 0 radical (unpaired) electrons. The monoisotopic (exact) mass is 626 g/mol. The summed E-state index contributed by atoms with van der Waals surface area (Å²) >= 11 is 0. The van der Waals surface area contributed by atoms with Gasteiger partial charge in [0.2, 0.25) is 0 Å². The molecule has 1 aromatic heterocycles. The van der Waals surface area contributed by atoms with E-state index in [-0.39, 0.29) is 22.5 Å². The first-order valence-electron chi connectivity index (χ1n) is 13.5. The first kappa shape index (κ1) is 31.4. The zero-order valence-electron chi connectivity index (χ0n) is 23.4. The molecule has 45 heavy (non-hydrogen) atoms. The maximum absolute atomic E-state index is 15.1. The van der Waals surface area contributed by atoms with Crippen LogP contribution in [0.25, 0.3) is 33.6 Å². The molecule has 0 aliphatic heterocycles. The molecule has 0 atom stereocenters. The number of rotatable bonds is 9. The molecule has 0 fully saturated rings. The highest BCUT2D eigenvalue weighted by molar-refractivity contribution is 5.69. The van der Waals surface area contributed by atoms with Crippen molar-refractivity contribution in [1.82, 2.24) is 9.97 Å². The van der Waals surface area contributed by atoms with E-state index in [1.807, 2.05) is 19.1 Å². The minimum absolute atomic E-state index is 0.0366. The van der Waals surface area contributed by atoms with Gasteiger partial charge in [-0.2, -0.15) is 8.78 Å². The van der Waals surface area contributed by atoms with Gasteiger partial charge in [-0.05, 0) is 78.9 Å². The topological polar surface area (TPSA) is 35.0 Å². The predicted octanol–water partition coefficient (Wildman–Crippen LogP) is 9.95. The molecule has 230 valence electrons. The Morgan fingerprint density at radius 2 is 1.24 bits per heavy atom. The van der Waals surface area contributed by atoms with Gasteiger partial charge in [-0.3, -0.25) is 0 Å². The summed E-state index contributed by atoms with van der Waals surface area (Å²) in [5.41, 5.74) is -0.848. The lowest BCUT2D eigenvalue weighted by Crippen LogP contribution is -2.23. The second-order valence-corrected chi connectivity index (χ2v) is 9.93. The van der Waals surface area contributed by atoms with E-state index in [1.54, 1.807) is 12.4 Å². The molecule has 3 nitrogen and oxygen atoms in total. The van der Waals surface area contributed by atoms with Crippen molar-refractivity contribution in [2.45, 2.75) is 25.9 Å². The molecule has 5 aromatic rings. The van der Waals surface area contributed by atoms with Crippen LogP contribution in [0.4, 0.5) is 35.1 Å². The summed E-state index contributed by atoms with van der Waals surface area (Å²) in [5.74, 6) is -8.75. The summed E-state index contributed by atoms with van der Waals surface area (Å²) in [6, 6.07) is 9.86. The number of benzene rings is 4. The molecule has 1 heterocycles. The van der Waals surface area contributed by atoms with Gasteiger partial charge >= 0.3 is 6.11 Å². The fraction of sp³-hybridized carbons (Fsp3) is 0.118. The van der Waals surface area contributed by atoms with Gasteiger partial charge in [0.15, 0.2) is 23.3 Å². The number of aryl methyl sites for hydroxylation is 1. The largest absolute Gasteiger partial charge is 0.429 e. The van der Waals surface area contributed by atoms with Crippen LogP contribution < -0.4 is 4.74 Å². The summed E-state index contributed by atoms with van der Waals surface area (Å²) in [6.07, 6.45) is 4.51. The molecule has 0 aliphatic rings. The van der Waals surface area contributed by atoms with Gasteiger partial charge in [-0.25, -0.2) is 36.3 Å².